The third kappa shape index (κ3) is 4.76. The molecule has 0 aliphatic rings. The molecule has 0 unspecified atom stereocenters. The van der Waals surface area contributed by atoms with Gasteiger partial charge in [-0.2, -0.15) is 0 Å². The van der Waals surface area contributed by atoms with Gasteiger partial charge in [0.25, 0.3) is 0 Å². The van der Waals surface area contributed by atoms with Crippen molar-refractivity contribution in [1.82, 2.24) is 24.9 Å². The van der Waals surface area contributed by atoms with Gasteiger partial charge in [0.1, 0.15) is 18.1 Å². The Morgan fingerprint density at radius 2 is 2.00 bits per heavy atom. The van der Waals surface area contributed by atoms with E-state index in [4.69, 9.17) is 13.9 Å². The zero-order valence-corrected chi connectivity index (χ0v) is 19.1. The molecular weight excluding hydrogens is 454 g/mol. The second-order valence-electron chi connectivity index (χ2n) is 7.34. The van der Waals surface area contributed by atoms with Gasteiger partial charge in [-0.05, 0) is 42.5 Å². The summed E-state index contributed by atoms with van der Waals surface area (Å²) in [6.45, 7) is 0.640. The zero-order valence-electron chi connectivity index (χ0n) is 18.3. The van der Waals surface area contributed by atoms with E-state index in [9.17, 15) is 4.79 Å². The Balaban J connectivity index is 1.12. The van der Waals surface area contributed by atoms with E-state index in [1.54, 1.807) is 31.6 Å². The van der Waals surface area contributed by atoms with Crippen LogP contribution in [0.25, 0.3) is 27.7 Å². The lowest BCUT2D eigenvalue weighted by atomic mass is 10.2. The molecule has 0 aliphatic heterocycles. The number of carbonyl (C=O) groups is 1. The van der Waals surface area contributed by atoms with Crippen molar-refractivity contribution in [3.05, 3.63) is 72.1 Å². The maximum Gasteiger partial charge on any atom is 0.233 e. The van der Waals surface area contributed by atoms with Crippen LogP contribution in [0.3, 0.4) is 0 Å². The number of methoxy groups -OCH3 is 1. The molecule has 1 N–H and O–H groups in total. The lowest BCUT2D eigenvalue weighted by molar-refractivity contribution is -0.120. The molecule has 172 valence electrons. The minimum absolute atomic E-state index is 0.0951. The molecule has 34 heavy (non-hydrogen) atoms. The van der Waals surface area contributed by atoms with Gasteiger partial charge in [-0.3, -0.25) is 9.20 Å². The van der Waals surface area contributed by atoms with Gasteiger partial charge in [0, 0.05) is 28.9 Å². The number of rotatable bonds is 9. The smallest absolute Gasteiger partial charge is 0.233 e. The normalized spacial score (nSPS) is 11.0. The Kier molecular flexibility index (Phi) is 6.21. The van der Waals surface area contributed by atoms with Crippen LogP contribution < -0.4 is 14.8 Å². The minimum Gasteiger partial charge on any atom is -0.497 e. The summed E-state index contributed by atoms with van der Waals surface area (Å²) in [6.07, 6.45) is 3.78. The topological polar surface area (TPSA) is 104 Å². The fourth-order valence-electron chi connectivity index (χ4n) is 3.38. The van der Waals surface area contributed by atoms with Crippen LogP contribution in [-0.2, 0) is 11.2 Å². The monoisotopic (exact) mass is 475 g/mol. The Labute approximate surface area is 199 Å². The number of carbonyl (C=O) groups excluding carboxylic acids is 1. The van der Waals surface area contributed by atoms with Gasteiger partial charge in [0.05, 0.1) is 32.0 Å². The summed E-state index contributed by atoms with van der Waals surface area (Å²) in [5.41, 5.74) is 3.35. The SMILES string of the molecule is COc1ccc(-c2cn3c(CC(=O)NCCOc4ccc(-c5ccco5)nn4)csc3n2)cc1. The largest absolute Gasteiger partial charge is 0.497 e. The maximum absolute atomic E-state index is 12.4. The first-order chi connectivity index (χ1) is 16.7. The predicted octanol–water partition coefficient (Wildman–Crippen LogP) is 3.86. The average molecular weight is 476 g/mol. The molecule has 10 heteroatoms. The summed E-state index contributed by atoms with van der Waals surface area (Å²) in [6, 6.07) is 14.8. The highest BCUT2D eigenvalue weighted by molar-refractivity contribution is 7.15. The molecule has 1 aromatic carbocycles. The molecule has 0 aliphatic carbocycles. The summed E-state index contributed by atoms with van der Waals surface area (Å²) < 4.78 is 18.0. The van der Waals surface area contributed by atoms with Crippen LogP contribution in [-0.4, -0.2) is 45.8 Å². The fourth-order valence-corrected chi connectivity index (χ4v) is 4.26. The van der Waals surface area contributed by atoms with E-state index < -0.39 is 0 Å². The Hall–Kier alpha value is -4.18. The average Bonchev–Trinajstić information content (AvgIpc) is 3.62. The Morgan fingerprint density at radius 1 is 1.12 bits per heavy atom. The molecule has 5 aromatic rings. The van der Waals surface area contributed by atoms with Gasteiger partial charge in [0.2, 0.25) is 11.8 Å². The summed E-state index contributed by atoms with van der Waals surface area (Å²) in [5.74, 6) is 1.72. The first-order valence-corrected chi connectivity index (χ1v) is 11.4. The van der Waals surface area contributed by atoms with Crippen molar-refractivity contribution in [2.24, 2.45) is 0 Å². The molecule has 0 spiro atoms. The van der Waals surface area contributed by atoms with Gasteiger partial charge < -0.3 is 19.2 Å². The van der Waals surface area contributed by atoms with Crippen LogP contribution in [0.5, 0.6) is 11.6 Å². The number of thiazole rings is 1. The number of nitrogens with zero attached hydrogens (tertiary/aromatic N) is 4. The van der Waals surface area contributed by atoms with Gasteiger partial charge in [-0.1, -0.05) is 0 Å². The van der Waals surface area contributed by atoms with Crippen LogP contribution in [0.1, 0.15) is 5.69 Å². The highest BCUT2D eigenvalue weighted by Gasteiger charge is 2.13. The zero-order chi connectivity index (χ0) is 23.3. The lowest BCUT2D eigenvalue weighted by Gasteiger charge is -2.07. The molecular formula is C24H21N5O4S. The number of amides is 1. The number of nitrogens with one attached hydrogen (secondary N) is 1. The van der Waals surface area contributed by atoms with Crippen LogP contribution >= 0.6 is 11.3 Å². The van der Waals surface area contributed by atoms with Crippen molar-refractivity contribution in [1.29, 1.82) is 0 Å². The van der Waals surface area contributed by atoms with Crippen molar-refractivity contribution in [2.75, 3.05) is 20.3 Å². The van der Waals surface area contributed by atoms with Crippen LogP contribution in [0, 0.1) is 0 Å². The van der Waals surface area contributed by atoms with Gasteiger partial charge in [0.15, 0.2) is 10.7 Å². The van der Waals surface area contributed by atoms with E-state index in [0.29, 0.717) is 23.9 Å². The number of imidazole rings is 1. The van der Waals surface area contributed by atoms with E-state index in [2.05, 4.69) is 20.5 Å². The van der Waals surface area contributed by atoms with Crippen LogP contribution in [0.2, 0.25) is 0 Å². The van der Waals surface area contributed by atoms with E-state index in [1.807, 2.05) is 46.3 Å². The molecule has 9 nitrogen and oxygen atoms in total. The minimum atomic E-state index is -0.0951. The third-order valence-corrected chi connectivity index (χ3v) is 5.99. The van der Waals surface area contributed by atoms with Gasteiger partial charge in [-0.15, -0.1) is 21.5 Å². The van der Waals surface area contributed by atoms with E-state index >= 15 is 0 Å². The molecule has 4 heterocycles. The summed E-state index contributed by atoms with van der Waals surface area (Å²) >= 11 is 1.51. The summed E-state index contributed by atoms with van der Waals surface area (Å²) in [7, 11) is 1.64. The number of hydrogen-bond acceptors (Lipinski definition) is 8. The van der Waals surface area contributed by atoms with Gasteiger partial charge >= 0.3 is 0 Å². The number of benzene rings is 1. The first-order valence-electron chi connectivity index (χ1n) is 10.6. The summed E-state index contributed by atoms with van der Waals surface area (Å²) in [4.78, 5) is 17.9. The number of furan rings is 1. The Morgan fingerprint density at radius 3 is 2.74 bits per heavy atom. The third-order valence-electron chi connectivity index (χ3n) is 5.10. The number of fused-ring (bicyclic) bond motifs is 1. The van der Waals surface area contributed by atoms with Crippen LogP contribution in [0.15, 0.2) is 70.8 Å². The second-order valence-corrected chi connectivity index (χ2v) is 8.18. The molecule has 0 bridgehead atoms. The second kappa shape index (κ2) is 9.75. The molecule has 0 fully saturated rings. The first kappa shape index (κ1) is 21.7. The molecule has 4 aromatic heterocycles. The van der Waals surface area contributed by atoms with Crippen molar-refractivity contribution in [3.63, 3.8) is 0 Å². The van der Waals surface area contributed by atoms with E-state index in [1.165, 1.54) is 11.3 Å². The number of aromatic nitrogens is 4. The van der Waals surface area contributed by atoms with Crippen molar-refractivity contribution in [3.8, 4) is 34.3 Å². The Bertz CT molecular complexity index is 1380. The van der Waals surface area contributed by atoms with Crippen molar-refractivity contribution in [2.45, 2.75) is 6.42 Å². The van der Waals surface area contributed by atoms with E-state index in [0.717, 1.165) is 27.7 Å². The van der Waals surface area contributed by atoms with Crippen LogP contribution in [0.4, 0.5) is 0 Å². The van der Waals surface area contributed by atoms with E-state index in [-0.39, 0.29) is 18.9 Å². The highest BCUT2D eigenvalue weighted by atomic mass is 32.1. The van der Waals surface area contributed by atoms with Crippen molar-refractivity contribution >= 4 is 22.2 Å². The highest BCUT2D eigenvalue weighted by Crippen LogP contribution is 2.25. The lowest BCUT2D eigenvalue weighted by Crippen LogP contribution is -2.29. The van der Waals surface area contributed by atoms with Crippen molar-refractivity contribution < 1.29 is 18.7 Å². The molecule has 1 amide bonds. The standard InChI is InChI=1S/C24H21N5O4S/c1-31-18-6-4-16(5-7-18)20-14-29-17(15-34-24(29)26-20)13-22(30)25-10-12-33-23-9-8-19(27-28-23)21-3-2-11-32-21/h2-9,11,14-15H,10,12-13H2,1H3,(H,25,30). The quantitative estimate of drug-likeness (QED) is 0.323. The number of hydrogen-bond donors (Lipinski definition) is 1. The maximum atomic E-state index is 12.4. The summed E-state index contributed by atoms with van der Waals surface area (Å²) in [5, 5.41) is 12.9. The molecule has 0 saturated carbocycles. The molecule has 0 atom stereocenters. The molecule has 0 radical (unpaired) electrons. The predicted molar refractivity (Wildman–Crippen MR) is 127 cm³/mol. The molecule has 5 rings (SSSR count). The number of ether oxygens (including phenoxy) is 2. The fraction of sp³-hybridized carbons (Fsp3) is 0.167. The van der Waals surface area contributed by atoms with Gasteiger partial charge in [-0.25, -0.2) is 4.98 Å². The molecule has 0 saturated heterocycles.